The van der Waals surface area contributed by atoms with Crippen molar-refractivity contribution in [3.05, 3.63) is 0 Å². The van der Waals surface area contributed by atoms with E-state index in [-0.39, 0.29) is 69.2 Å². The largest absolute Gasteiger partial charge is 0 e. The molecule has 0 aliphatic heterocycles. The number of hydrogen-bond acceptors (Lipinski definition) is 3. The minimum absolute atomic E-state index is 0. The zero-order valence-corrected chi connectivity index (χ0v) is 26.3. The molecule has 0 saturated carbocycles. The van der Waals surface area contributed by atoms with E-state index in [1.807, 2.05) is 0 Å². The molecule has 0 radical (unpaired) electrons. The first-order valence-corrected chi connectivity index (χ1v) is 14.9. The van der Waals surface area contributed by atoms with Crippen molar-refractivity contribution in [2.24, 2.45) is 0 Å². The number of unbranched alkanes of at least 4 members (excludes halogenated alkanes) is 22. The summed E-state index contributed by atoms with van der Waals surface area (Å²) >= 11 is 0. The van der Waals surface area contributed by atoms with Gasteiger partial charge in [0.25, 0.3) is 0 Å². The molecule has 0 spiro atoms. The van der Waals surface area contributed by atoms with Gasteiger partial charge in [-0.25, -0.2) is 0 Å². The van der Waals surface area contributed by atoms with Gasteiger partial charge >= 0.3 is 49.7 Å². The van der Waals surface area contributed by atoms with Crippen molar-refractivity contribution >= 4 is 49.7 Å². The zero-order valence-electron chi connectivity index (χ0n) is 23.3. The molecule has 3 nitrogen and oxygen atoms in total. The maximum absolute atomic E-state index is 11.8. The summed E-state index contributed by atoms with van der Waals surface area (Å²) in [4.78, 5) is 23.6. The van der Waals surface area contributed by atoms with Gasteiger partial charge < -0.3 is 4.74 Å². The fourth-order valence-electron chi connectivity index (χ4n) is 4.45. The SMILES string of the molecule is CCCCCCCCCCCCCCCCCC(=O)OC(=O)CCCCCCCCCCC.[CaH2].[Zn]. The molecule has 202 valence electrons. The molecule has 0 aliphatic rings. The van der Waals surface area contributed by atoms with Crippen LogP contribution < -0.4 is 0 Å². The summed E-state index contributed by atoms with van der Waals surface area (Å²) in [6.07, 6.45) is 31.4. The molecule has 0 heterocycles. The second-order valence-corrected chi connectivity index (χ2v) is 10.1. The summed E-state index contributed by atoms with van der Waals surface area (Å²) < 4.78 is 4.96. The quantitative estimate of drug-likeness (QED) is 0.0448. The van der Waals surface area contributed by atoms with E-state index in [0.29, 0.717) is 12.8 Å². The van der Waals surface area contributed by atoms with Crippen molar-refractivity contribution in [1.82, 2.24) is 0 Å². The first-order valence-electron chi connectivity index (χ1n) is 14.9. The van der Waals surface area contributed by atoms with Gasteiger partial charge in [0.05, 0.1) is 0 Å². The topological polar surface area (TPSA) is 43.4 Å². The van der Waals surface area contributed by atoms with E-state index in [2.05, 4.69) is 13.8 Å². The maximum atomic E-state index is 11.8. The van der Waals surface area contributed by atoms with Crippen molar-refractivity contribution < 1.29 is 33.8 Å². The Labute approximate surface area is 262 Å². The van der Waals surface area contributed by atoms with Crippen LogP contribution in [0.2, 0.25) is 0 Å². The first-order chi connectivity index (χ1) is 16.2. The number of ether oxygens (including phenoxy) is 1. The average molecular weight is 574 g/mol. The number of carbonyl (C=O) groups is 2. The monoisotopic (exact) mass is 572 g/mol. The molecule has 0 aliphatic carbocycles. The van der Waals surface area contributed by atoms with Gasteiger partial charge in [-0.3, -0.25) is 9.59 Å². The van der Waals surface area contributed by atoms with Crippen molar-refractivity contribution in [3.63, 3.8) is 0 Å². The molecular formula is C30H60CaO3Zn. The Morgan fingerprint density at radius 1 is 0.400 bits per heavy atom. The van der Waals surface area contributed by atoms with Crippen molar-refractivity contribution in [2.45, 2.75) is 181 Å². The van der Waals surface area contributed by atoms with Crippen molar-refractivity contribution in [3.8, 4) is 0 Å². The second-order valence-electron chi connectivity index (χ2n) is 10.1. The third kappa shape index (κ3) is 35.0. The zero-order chi connectivity index (χ0) is 24.2. The summed E-state index contributed by atoms with van der Waals surface area (Å²) in [6, 6.07) is 0. The van der Waals surface area contributed by atoms with E-state index >= 15 is 0 Å². The number of rotatable bonds is 26. The van der Waals surface area contributed by atoms with Crippen LogP contribution in [0.3, 0.4) is 0 Å². The molecule has 0 aromatic rings. The molecule has 0 rings (SSSR count). The summed E-state index contributed by atoms with van der Waals surface area (Å²) in [5, 5.41) is 0. The first kappa shape index (κ1) is 40.5. The van der Waals surface area contributed by atoms with E-state index in [9.17, 15) is 9.59 Å². The fraction of sp³-hybridized carbons (Fsp3) is 0.933. The molecule has 35 heavy (non-hydrogen) atoms. The molecule has 0 fully saturated rings. The van der Waals surface area contributed by atoms with E-state index in [0.717, 1.165) is 25.7 Å². The molecule has 0 N–H and O–H groups in total. The molecule has 0 unspecified atom stereocenters. The Balaban J connectivity index is -0.00000512. The Morgan fingerprint density at radius 2 is 0.600 bits per heavy atom. The number of carbonyl (C=O) groups excluding carboxylic acids is 2. The van der Waals surface area contributed by atoms with Crippen LogP contribution in [0, 0.1) is 0 Å². The Hall–Kier alpha value is 1.02. The van der Waals surface area contributed by atoms with Crippen LogP contribution in [0.1, 0.15) is 181 Å². The van der Waals surface area contributed by atoms with Gasteiger partial charge in [0.2, 0.25) is 0 Å². The van der Waals surface area contributed by atoms with Gasteiger partial charge in [0, 0.05) is 32.3 Å². The van der Waals surface area contributed by atoms with Crippen molar-refractivity contribution in [2.75, 3.05) is 0 Å². The predicted octanol–water partition coefficient (Wildman–Crippen LogP) is 9.32. The molecule has 0 saturated heterocycles. The van der Waals surface area contributed by atoms with Crippen LogP contribution >= 0.6 is 0 Å². The minimum atomic E-state index is -0.330. The average Bonchev–Trinajstić information content (AvgIpc) is 2.80. The minimum Gasteiger partial charge on any atom is 0 e. The van der Waals surface area contributed by atoms with Crippen LogP contribution in [0.25, 0.3) is 0 Å². The molecule has 0 bridgehead atoms. The van der Waals surface area contributed by atoms with Crippen molar-refractivity contribution in [1.29, 1.82) is 0 Å². The maximum Gasteiger partial charge on any atom is 0 e. The van der Waals surface area contributed by atoms with Gasteiger partial charge in [-0.1, -0.05) is 155 Å². The van der Waals surface area contributed by atoms with E-state index < -0.39 is 0 Å². The summed E-state index contributed by atoms with van der Waals surface area (Å²) in [5.41, 5.74) is 0. The van der Waals surface area contributed by atoms with Gasteiger partial charge in [-0.05, 0) is 12.8 Å². The normalized spacial score (nSPS) is 10.5. The fourth-order valence-corrected chi connectivity index (χ4v) is 4.45. The van der Waals surface area contributed by atoms with Gasteiger partial charge in [0.1, 0.15) is 0 Å². The third-order valence-electron chi connectivity index (χ3n) is 6.70. The molecule has 5 heteroatoms. The Bertz CT molecular complexity index is 432. The number of esters is 2. The van der Waals surface area contributed by atoms with Gasteiger partial charge in [-0.2, -0.15) is 0 Å². The van der Waals surface area contributed by atoms with Crippen LogP contribution in [0.5, 0.6) is 0 Å². The van der Waals surface area contributed by atoms with Crippen LogP contribution in [0.15, 0.2) is 0 Å². The van der Waals surface area contributed by atoms with Gasteiger partial charge in [0.15, 0.2) is 0 Å². The molecule has 0 amide bonds. The van der Waals surface area contributed by atoms with E-state index in [1.54, 1.807) is 0 Å². The van der Waals surface area contributed by atoms with E-state index in [4.69, 9.17) is 4.74 Å². The Kier molecular flexibility index (Phi) is 40.5. The standard InChI is InChI=1S/C30H58O3.Ca.Zn.2H/c1-3-5-7-9-11-13-14-15-16-17-18-20-22-24-26-28-30(32)33-29(31)27-25-23-21-19-12-10-8-6-4-2;;;;/h3-28H2,1-2H3;;;;. The summed E-state index contributed by atoms with van der Waals surface area (Å²) in [6.45, 7) is 4.51. The molecule has 0 atom stereocenters. The molecule has 0 aromatic carbocycles. The van der Waals surface area contributed by atoms with Gasteiger partial charge in [-0.15, -0.1) is 0 Å². The predicted molar refractivity (Wildman–Crippen MR) is 151 cm³/mol. The smallest absolute Gasteiger partial charge is 0 e. The summed E-state index contributed by atoms with van der Waals surface area (Å²) in [5.74, 6) is -0.658. The Morgan fingerprint density at radius 3 is 0.829 bits per heavy atom. The molecule has 0 aromatic heterocycles. The summed E-state index contributed by atoms with van der Waals surface area (Å²) in [7, 11) is 0. The number of hydrogen-bond donors (Lipinski definition) is 0. The van der Waals surface area contributed by atoms with Crippen LogP contribution in [0.4, 0.5) is 0 Å². The van der Waals surface area contributed by atoms with Crippen LogP contribution in [-0.4, -0.2) is 49.7 Å². The second kappa shape index (κ2) is 35.0. The third-order valence-corrected chi connectivity index (χ3v) is 6.70. The van der Waals surface area contributed by atoms with E-state index in [1.165, 1.54) is 128 Å². The molecular weight excluding hydrogens is 514 g/mol. The van der Waals surface area contributed by atoms with Crippen LogP contribution in [-0.2, 0) is 33.8 Å².